The van der Waals surface area contributed by atoms with Crippen LogP contribution in [-0.4, -0.2) is 29.8 Å². The van der Waals surface area contributed by atoms with Crippen LogP contribution in [0.25, 0.3) is 0 Å². The van der Waals surface area contributed by atoms with E-state index in [0.29, 0.717) is 19.6 Å². The molecule has 1 rings (SSSR count). The fourth-order valence-corrected chi connectivity index (χ4v) is 1.33. The lowest BCUT2D eigenvalue weighted by Gasteiger charge is -2.13. The number of hydrogen-bond donors (Lipinski definition) is 2. The zero-order valence-electron chi connectivity index (χ0n) is 10.2. The molecule has 0 saturated carbocycles. The van der Waals surface area contributed by atoms with Gasteiger partial charge in [0.2, 0.25) is 0 Å². The Labute approximate surface area is 96.7 Å². The average Bonchev–Trinajstić information content (AvgIpc) is 2.28. The molecule has 4 heteroatoms. The van der Waals surface area contributed by atoms with E-state index in [9.17, 15) is 5.11 Å². The molecule has 0 aliphatic rings. The van der Waals surface area contributed by atoms with Crippen LogP contribution >= 0.6 is 0 Å². The van der Waals surface area contributed by atoms with E-state index in [1.54, 1.807) is 0 Å². The Morgan fingerprint density at radius 2 is 2.25 bits per heavy atom. The largest absolute Gasteiger partial charge is 0.489 e. The minimum atomic E-state index is -0.413. The molecular formula is C12H20N2O2. The van der Waals surface area contributed by atoms with Gasteiger partial charge in [-0.1, -0.05) is 6.92 Å². The number of hydrogen-bond acceptors (Lipinski definition) is 4. The summed E-state index contributed by atoms with van der Waals surface area (Å²) in [5.74, 6) is 0.743. The van der Waals surface area contributed by atoms with E-state index in [1.165, 1.54) is 0 Å². The van der Waals surface area contributed by atoms with Crippen LogP contribution in [0.1, 0.15) is 24.7 Å². The second kappa shape index (κ2) is 6.45. The van der Waals surface area contributed by atoms with Gasteiger partial charge < -0.3 is 15.2 Å². The third kappa shape index (κ3) is 3.79. The summed E-state index contributed by atoms with van der Waals surface area (Å²) in [6.07, 6.45) is 0.282. The first-order valence-electron chi connectivity index (χ1n) is 5.59. The molecule has 0 spiro atoms. The minimum absolute atomic E-state index is 0.317. The maximum atomic E-state index is 9.43. The molecule has 1 heterocycles. The van der Waals surface area contributed by atoms with Gasteiger partial charge in [0.15, 0.2) is 0 Å². The molecular weight excluding hydrogens is 204 g/mol. The summed E-state index contributed by atoms with van der Waals surface area (Å²) in [4.78, 5) is 4.40. The topological polar surface area (TPSA) is 54.4 Å². The first-order valence-corrected chi connectivity index (χ1v) is 5.59. The second-order valence-electron chi connectivity index (χ2n) is 3.80. The monoisotopic (exact) mass is 224 g/mol. The van der Waals surface area contributed by atoms with Gasteiger partial charge in [0, 0.05) is 12.2 Å². The van der Waals surface area contributed by atoms with Crippen LogP contribution < -0.4 is 10.1 Å². The van der Waals surface area contributed by atoms with Crippen molar-refractivity contribution in [1.82, 2.24) is 10.3 Å². The molecule has 1 aromatic heterocycles. The molecule has 1 unspecified atom stereocenters. The molecule has 90 valence electrons. The van der Waals surface area contributed by atoms with Crippen molar-refractivity contribution in [2.45, 2.75) is 32.9 Å². The number of ether oxygens (including phenoxy) is 1. The summed E-state index contributed by atoms with van der Waals surface area (Å²) in [6, 6.07) is 3.81. The Kier molecular flexibility index (Phi) is 5.22. The summed E-state index contributed by atoms with van der Waals surface area (Å²) in [5, 5.41) is 12.5. The third-order valence-corrected chi connectivity index (χ3v) is 2.32. The van der Waals surface area contributed by atoms with Crippen LogP contribution in [0.2, 0.25) is 0 Å². The van der Waals surface area contributed by atoms with E-state index < -0.39 is 6.10 Å². The molecule has 0 bridgehead atoms. The smallest absolute Gasteiger partial charge is 0.142 e. The van der Waals surface area contributed by atoms with Crippen molar-refractivity contribution < 1.29 is 9.84 Å². The Balaban J connectivity index is 2.70. The van der Waals surface area contributed by atoms with Crippen LogP contribution in [0.5, 0.6) is 5.75 Å². The van der Waals surface area contributed by atoms with Gasteiger partial charge in [0.1, 0.15) is 12.4 Å². The highest BCUT2D eigenvalue weighted by molar-refractivity contribution is 5.29. The highest BCUT2D eigenvalue weighted by Crippen LogP contribution is 2.17. The maximum absolute atomic E-state index is 9.43. The number of nitrogens with one attached hydrogen (secondary N) is 1. The van der Waals surface area contributed by atoms with Gasteiger partial charge in [-0.3, -0.25) is 4.98 Å². The first-order chi connectivity index (χ1) is 7.67. The lowest BCUT2D eigenvalue weighted by molar-refractivity contribution is 0.103. The van der Waals surface area contributed by atoms with E-state index in [-0.39, 0.29) is 0 Å². The standard InChI is InChI=1S/C12H20N2O2/c1-4-10(15)8-16-12-6-5-9(2)14-11(12)7-13-3/h5-6,10,13,15H,4,7-8H2,1-3H3. The van der Waals surface area contributed by atoms with Crippen LogP contribution in [0.4, 0.5) is 0 Å². The van der Waals surface area contributed by atoms with Crippen molar-refractivity contribution in [1.29, 1.82) is 0 Å². The van der Waals surface area contributed by atoms with E-state index in [1.807, 2.05) is 33.0 Å². The fraction of sp³-hybridized carbons (Fsp3) is 0.583. The lowest BCUT2D eigenvalue weighted by atomic mass is 10.2. The summed E-state index contributed by atoms with van der Waals surface area (Å²) in [7, 11) is 1.87. The number of aromatic nitrogens is 1. The van der Waals surface area contributed by atoms with E-state index in [4.69, 9.17) is 4.74 Å². The maximum Gasteiger partial charge on any atom is 0.142 e. The van der Waals surface area contributed by atoms with Crippen molar-refractivity contribution in [3.63, 3.8) is 0 Å². The summed E-state index contributed by atoms with van der Waals surface area (Å²) < 4.78 is 5.54. The van der Waals surface area contributed by atoms with Crippen molar-refractivity contribution >= 4 is 0 Å². The summed E-state index contributed by atoms with van der Waals surface area (Å²) in [6.45, 7) is 4.86. The Morgan fingerprint density at radius 1 is 1.50 bits per heavy atom. The molecule has 2 N–H and O–H groups in total. The van der Waals surface area contributed by atoms with E-state index in [2.05, 4.69) is 10.3 Å². The van der Waals surface area contributed by atoms with Gasteiger partial charge >= 0.3 is 0 Å². The second-order valence-corrected chi connectivity index (χ2v) is 3.80. The van der Waals surface area contributed by atoms with Crippen molar-refractivity contribution in [3.05, 3.63) is 23.5 Å². The number of aryl methyl sites for hydroxylation is 1. The van der Waals surface area contributed by atoms with Gasteiger partial charge in [-0.2, -0.15) is 0 Å². The van der Waals surface area contributed by atoms with Gasteiger partial charge in [0.05, 0.1) is 11.8 Å². The molecule has 0 aliphatic heterocycles. The normalized spacial score (nSPS) is 12.5. The van der Waals surface area contributed by atoms with Crippen LogP contribution in [0.3, 0.4) is 0 Å². The van der Waals surface area contributed by atoms with Crippen molar-refractivity contribution in [3.8, 4) is 5.75 Å². The molecule has 0 fully saturated rings. The van der Waals surface area contributed by atoms with E-state index >= 15 is 0 Å². The van der Waals surface area contributed by atoms with Crippen LogP contribution in [0.15, 0.2) is 12.1 Å². The van der Waals surface area contributed by atoms with E-state index in [0.717, 1.165) is 17.1 Å². The number of rotatable bonds is 6. The Morgan fingerprint density at radius 3 is 2.88 bits per heavy atom. The lowest BCUT2D eigenvalue weighted by Crippen LogP contribution is -2.18. The van der Waals surface area contributed by atoms with Gasteiger partial charge in [-0.15, -0.1) is 0 Å². The first kappa shape index (κ1) is 12.9. The number of aliphatic hydroxyl groups is 1. The minimum Gasteiger partial charge on any atom is -0.489 e. The summed E-state index contributed by atoms with van der Waals surface area (Å²) in [5.41, 5.74) is 1.85. The Hall–Kier alpha value is -1.13. The highest BCUT2D eigenvalue weighted by Gasteiger charge is 2.07. The zero-order valence-corrected chi connectivity index (χ0v) is 10.2. The van der Waals surface area contributed by atoms with Gasteiger partial charge in [0.25, 0.3) is 0 Å². The van der Waals surface area contributed by atoms with Crippen LogP contribution in [-0.2, 0) is 6.54 Å². The SMILES string of the molecule is CCC(O)COc1ccc(C)nc1CNC. The number of nitrogens with zero attached hydrogens (tertiary/aromatic N) is 1. The third-order valence-electron chi connectivity index (χ3n) is 2.32. The summed E-state index contributed by atoms with van der Waals surface area (Å²) >= 11 is 0. The number of aliphatic hydroxyl groups excluding tert-OH is 1. The molecule has 0 amide bonds. The Bertz CT molecular complexity index is 329. The molecule has 1 aromatic rings. The van der Waals surface area contributed by atoms with Gasteiger partial charge in [-0.05, 0) is 32.5 Å². The molecule has 4 nitrogen and oxygen atoms in total. The quantitative estimate of drug-likeness (QED) is 0.764. The highest BCUT2D eigenvalue weighted by atomic mass is 16.5. The van der Waals surface area contributed by atoms with Crippen molar-refractivity contribution in [2.75, 3.05) is 13.7 Å². The predicted molar refractivity (Wildman–Crippen MR) is 63.5 cm³/mol. The molecule has 0 radical (unpaired) electrons. The molecule has 16 heavy (non-hydrogen) atoms. The number of pyridine rings is 1. The fourth-order valence-electron chi connectivity index (χ4n) is 1.33. The van der Waals surface area contributed by atoms with Crippen molar-refractivity contribution in [2.24, 2.45) is 0 Å². The zero-order chi connectivity index (χ0) is 12.0. The molecule has 1 atom stereocenters. The molecule has 0 aliphatic carbocycles. The van der Waals surface area contributed by atoms with Crippen LogP contribution in [0, 0.1) is 6.92 Å². The molecule has 0 saturated heterocycles. The molecule has 0 aromatic carbocycles. The van der Waals surface area contributed by atoms with Gasteiger partial charge in [-0.25, -0.2) is 0 Å². The predicted octanol–water partition coefficient (Wildman–Crippen LogP) is 1.26. The average molecular weight is 224 g/mol.